The molecule has 0 spiro atoms. The molecule has 0 unspecified atom stereocenters. The Morgan fingerprint density at radius 1 is 1.06 bits per heavy atom. The number of fused-ring (bicyclic) bond motifs is 3. The summed E-state index contributed by atoms with van der Waals surface area (Å²) in [6, 6.07) is 14.3. The third-order valence-electron chi connectivity index (χ3n) is 7.20. The molecule has 1 saturated carbocycles. The Kier molecular flexibility index (Phi) is 5.52. The zero-order valence-corrected chi connectivity index (χ0v) is 20.4. The molecule has 3 aromatic rings. The van der Waals surface area contributed by atoms with Crippen molar-refractivity contribution in [3.63, 3.8) is 0 Å². The number of amides is 2. The van der Waals surface area contributed by atoms with E-state index in [2.05, 4.69) is 19.2 Å². The van der Waals surface area contributed by atoms with Crippen LogP contribution in [-0.4, -0.2) is 33.9 Å². The molecule has 1 fully saturated rings. The van der Waals surface area contributed by atoms with E-state index in [0.29, 0.717) is 27.5 Å². The Labute approximate surface area is 203 Å². The molecule has 0 radical (unpaired) electrons. The minimum absolute atomic E-state index is 0.0130. The lowest BCUT2D eigenvalue weighted by Gasteiger charge is -2.42. The highest BCUT2D eigenvalue weighted by atomic mass is 35.5. The predicted octanol–water partition coefficient (Wildman–Crippen LogP) is 5.54. The molecule has 0 saturated heterocycles. The maximum atomic E-state index is 14.1. The second-order valence-corrected chi connectivity index (χ2v) is 10.2. The SMILES string of the molecule is CC(C)c1ccc(N2C(=O)c3cc4cc(Cl)ccc4n3C(=O)[C@]2(C)C(=O)NC2CCCC2)cc1. The zero-order chi connectivity index (χ0) is 24.2. The molecule has 2 aromatic carbocycles. The molecule has 2 aliphatic rings. The lowest BCUT2D eigenvalue weighted by molar-refractivity contribution is -0.125. The van der Waals surface area contributed by atoms with Gasteiger partial charge in [-0.25, -0.2) is 0 Å². The van der Waals surface area contributed by atoms with Gasteiger partial charge in [-0.1, -0.05) is 50.4 Å². The van der Waals surface area contributed by atoms with Crippen molar-refractivity contribution < 1.29 is 14.4 Å². The van der Waals surface area contributed by atoms with Crippen LogP contribution in [0.5, 0.6) is 0 Å². The number of halogens is 1. The number of hydrogen-bond acceptors (Lipinski definition) is 3. The molecule has 176 valence electrons. The summed E-state index contributed by atoms with van der Waals surface area (Å²) in [5.41, 5.74) is 0.674. The summed E-state index contributed by atoms with van der Waals surface area (Å²) < 4.78 is 1.38. The fourth-order valence-corrected chi connectivity index (χ4v) is 5.35. The highest BCUT2D eigenvalue weighted by Crippen LogP contribution is 2.37. The number of aromatic nitrogens is 1. The van der Waals surface area contributed by atoms with Gasteiger partial charge in [0, 0.05) is 22.1 Å². The maximum Gasteiger partial charge on any atom is 0.276 e. The Morgan fingerprint density at radius 3 is 2.38 bits per heavy atom. The van der Waals surface area contributed by atoms with Crippen molar-refractivity contribution in [2.45, 2.75) is 64.0 Å². The van der Waals surface area contributed by atoms with Gasteiger partial charge >= 0.3 is 0 Å². The fraction of sp³-hybridized carbons (Fsp3) is 0.370. The van der Waals surface area contributed by atoms with Crippen molar-refractivity contribution in [1.29, 1.82) is 0 Å². The van der Waals surface area contributed by atoms with Gasteiger partial charge in [0.1, 0.15) is 5.69 Å². The van der Waals surface area contributed by atoms with Crippen molar-refractivity contribution in [3.8, 4) is 0 Å². The van der Waals surface area contributed by atoms with Crippen molar-refractivity contribution in [2.75, 3.05) is 4.90 Å². The highest BCUT2D eigenvalue weighted by Gasteiger charge is 2.55. The minimum atomic E-state index is -1.74. The fourth-order valence-electron chi connectivity index (χ4n) is 5.17. The maximum absolute atomic E-state index is 14.1. The van der Waals surface area contributed by atoms with Gasteiger partial charge in [-0.2, -0.15) is 0 Å². The molecule has 0 bridgehead atoms. The van der Waals surface area contributed by atoms with Crippen LogP contribution in [-0.2, 0) is 4.79 Å². The summed E-state index contributed by atoms with van der Waals surface area (Å²) >= 11 is 6.17. The topological polar surface area (TPSA) is 71.4 Å². The first kappa shape index (κ1) is 22.7. The standard InChI is InChI=1S/C27H28ClN3O3/c1-16(2)17-8-11-21(12-9-17)31-24(32)23-15-18-14-19(28)10-13-22(18)30(23)26(34)27(31,3)25(33)29-20-6-4-5-7-20/h8-16,20H,4-7H2,1-3H3,(H,29,33)/t27-/m0/s1. The molecule has 7 heteroatoms. The Hall–Kier alpha value is -3.12. The van der Waals surface area contributed by atoms with Crippen LogP contribution in [0, 0.1) is 0 Å². The van der Waals surface area contributed by atoms with E-state index in [-0.39, 0.29) is 11.7 Å². The number of carbonyl (C=O) groups is 3. The molecule has 6 nitrogen and oxygen atoms in total. The van der Waals surface area contributed by atoms with Crippen LogP contribution < -0.4 is 10.2 Å². The molecule has 5 rings (SSSR count). The summed E-state index contributed by atoms with van der Waals surface area (Å²) in [6.45, 7) is 5.74. The van der Waals surface area contributed by atoms with Gasteiger partial charge < -0.3 is 5.32 Å². The molecular weight excluding hydrogens is 450 g/mol. The third kappa shape index (κ3) is 3.43. The van der Waals surface area contributed by atoms with Crippen LogP contribution in [0.15, 0.2) is 48.5 Å². The van der Waals surface area contributed by atoms with Gasteiger partial charge in [0.25, 0.3) is 17.7 Å². The average Bonchev–Trinajstić information content (AvgIpc) is 3.45. The van der Waals surface area contributed by atoms with Crippen molar-refractivity contribution in [1.82, 2.24) is 9.88 Å². The van der Waals surface area contributed by atoms with E-state index in [9.17, 15) is 14.4 Å². The monoisotopic (exact) mass is 477 g/mol. The first-order chi connectivity index (χ1) is 16.2. The number of hydrogen-bond donors (Lipinski definition) is 1. The lowest BCUT2D eigenvalue weighted by atomic mass is 9.91. The van der Waals surface area contributed by atoms with Gasteiger partial charge in [0.2, 0.25) is 5.54 Å². The Bertz CT molecular complexity index is 1300. The van der Waals surface area contributed by atoms with Crippen LogP contribution in [0.4, 0.5) is 5.69 Å². The van der Waals surface area contributed by atoms with E-state index < -0.39 is 23.3 Å². The van der Waals surface area contributed by atoms with E-state index >= 15 is 0 Å². The van der Waals surface area contributed by atoms with Crippen molar-refractivity contribution in [3.05, 3.63) is 64.8 Å². The molecule has 1 aliphatic carbocycles. The normalized spacial score (nSPS) is 20.9. The molecule has 34 heavy (non-hydrogen) atoms. The second-order valence-electron chi connectivity index (χ2n) is 9.79. The van der Waals surface area contributed by atoms with Crippen LogP contribution in [0.2, 0.25) is 5.02 Å². The third-order valence-corrected chi connectivity index (χ3v) is 7.44. The summed E-state index contributed by atoms with van der Waals surface area (Å²) in [6.07, 6.45) is 3.84. The Balaban J connectivity index is 1.68. The van der Waals surface area contributed by atoms with Crippen LogP contribution in [0.3, 0.4) is 0 Å². The molecule has 1 N–H and O–H groups in total. The first-order valence-electron chi connectivity index (χ1n) is 11.8. The van der Waals surface area contributed by atoms with Gasteiger partial charge in [0.05, 0.1) is 5.52 Å². The van der Waals surface area contributed by atoms with Crippen LogP contribution in [0.1, 0.15) is 73.2 Å². The van der Waals surface area contributed by atoms with Gasteiger partial charge in [-0.05, 0) is 67.6 Å². The van der Waals surface area contributed by atoms with Gasteiger partial charge in [-0.15, -0.1) is 0 Å². The minimum Gasteiger partial charge on any atom is -0.351 e. The number of nitrogens with one attached hydrogen (secondary N) is 1. The Morgan fingerprint density at radius 2 is 1.74 bits per heavy atom. The predicted molar refractivity (Wildman–Crippen MR) is 134 cm³/mol. The van der Waals surface area contributed by atoms with E-state index in [4.69, 9.17) is 11.6 Å². The smallest absolute Gasteiger partial charge is 0.276 e. The molecule has 1 atom stereocenters. The second kappa shape index (κ2) is 8.27. The van der Waals surface area contributed by atoms with E-state index in [0.717, 1.165) is 31.2 Å². The zero-order valence-electron chi connectivity index (χ0n) is 19.6. The summed E-state index contributed by atoms with van der Waals surface area (Å²) in [7, 11) is 0. The van der Waals surface area contributed by atoms with Crippen molar-refractivity contribution in [2.24, 2.45) is 0 Å². The average molecular weight is 478 g/mol. The number of rotatable bonds is 4. The number of benzene rings is 2. The molecule has 2 amide bonds. The summed E-state index contributed by atoms with van der Waals surface area (Å²) in [5, 5.41) is 4.25. The van der Waals surface area contributed by atoms with Gasteiger partial charge in [0.15, 0.2) is 0 Å². The summed E-state index contributed by atoms with van der Waals surface area (Å²) in [5.74, 6) is -0.986. The van der Waals surface area contributed by atoms with E-state index in [1.807, 2.05) is 24.3 Å². The number of nitrogens with zero attached hydrogens (tertiary/aromatic N) is 2. The van der Waals surface area contributed by atoms with Gasteiger partial charge in [-0.3, -0.25) is 23.9 Å². The molecule has 1 aromatic heterocycles. The van der Waals surface area contributed by atoms with Crippen LogP contribution >= 0.6 is 11.6 Å². The first-order valence-corrected chi connectivity index (χ1v) is 12.2. The van der Waals surface area contributed by atoms with E-state index in [1.165, 1.54) is 9.47 Å². The quantitative estimate of drug-likeness (QED) is 0.502. The lowest BCUT2D eigenvalue weighted by Crippen LogP contribution is -2.69. The van der Waals surface area contributed by atoms with Crippen molar-refractivity contribution >= 4 is 45.9 Å². The van der Waals surface area contributed by atoms with Crippen LogP contribution in [0.25, 0.3) is 10.9 Å². The number of anilines is 1. The highest BCUT2D eigenvalue weighted by molar-refractivity contribution is 6.32. The summed E-state index contributed by atoms with van der Waals surface area (Å²) in [4.78, 5) is 43.1. The largest absolute Gasteiger partial charge is 0.351 e. The molecular formula is C27H28ClN3O3. The molecule has 2 heterocycles. The van der Waals surface area contributed by atoms with E-state index in [1.54, 1.807) is 31.2 Å². The molecule has 1 aliphatic heterocycles. The number of carbonyl (C=O) groups excluding carboxylic acids is 3.